The van der Waals surface area contributed by atoms with Crippen LogP contribution in [0, 0.1) is 6.92 Å². The molecule has 5 heteroatoms. The van der Waals surface area contributed by atoms with E-state index in [2.05, 4.69) is 9.97 Å². The van der Waals surface area contributed by atoms with Gasteiger partial charge in [0.15, 0.2) is 0 Å². The Morgan fingerprint density at radius 1 is 1.21 bits per heavy atom. The first-order chi connectivity index (χ1) is 6.34. The van der Waals surface area contributed by atoms with Crippen molar-refractivity contribution in [2.45, 2.75) is 32.9 Å². The molecule has 0 aromatic carbocycles. The van der Waals surface area contributed by atoms with Crippen molar-refractivity contribution in [1.29, 1.82) is 0 Å². The Balaban J connectivity index is 3.38. The lowest BCUT2D eigenvalue weighted by Crippen LogP contribution is -2.15. The molecule has 0 fully saturated rings. The van der Waals surface area contributed by atoms with E-state index in [9.17, 15) is 13.2 Å². The average Bonchev–Trinajstić information content (AvgIpc) is 2.01. The van der Waals surface area contributed by atoms with E-state index in [0.29, 0.717) is 0 Å². The predicted octanol–water partition coefficient (Wildman–Crippen LogP) is 2.93. The molecule has 2 nitrogen and oxygen atoms in total. The minimum absolute atomic E-state index is 0.0174. The van der Waals surface area contributed by atoms with Crippen LogP contribution in [-0.4, -0.2) is 9.97 Å². The van der Waals surface area contributed by atoms with Crippen LogP contribution in [0.3, 0.4) is 0 Å². The van der Waals surface area contributed by atoms with Crippen LogP contribution in [0.1, 0.15) is 36.7 Å². The molecule has 0 aliphatic carbocycles. The second-order valence-corrected chi connectivity index (χ2v) is 3.37. The number of nitrogens with zero attached hydrogens (tertiary/aromatic N) is 2. The summed E-state index contributed by atoms with van der Waals surface area (Å²) in [6, 6.07) is 0. The lowest BCUT2D eigenvalue weighted by Gasteiger charge is -2.15. The van der Waals surface area contributed by atoms with E-state index in [4.69, 9.17) is 0 Å². The molecule has 1 rings (SSSR count). The van der Waals surface area contributed by atoms with Gasteiger partial charge in [0.2, 0.25) is 0 Å². The van der Waals surface area contributed by atoms with Crippen LogP contribution in [0.4, 0.5) is 13.2 Å². The highest BCUT2D eigenvalue weighted by atomic mass is 19.4. The van der Waals surface area contributed by atoms with E-state index in [-0.39, 0.29) is 17.3 Å². The zero-order valence-corrected chi connectivity index (χ0v) is 8.18. The normalized spacial score (nSPS) is 12.2. The summed E-state index contributed by atoms with van der Waals surface area (Å²) in [6.07, 6.45) is -3.20. The smallest absolute Gasteiger partial charge is 0.241 e. The van der Waals surface area contributed by atoms with Crippen molar-refractivity contribution >= 4 is 0 Å². The summed E-state index contributed by atoms with van der Waals surface area (Å²) >= 11 is 0. The molecular weight excluding hydrogens is 193 g/mol. The van der Waals surface area contributed by atoms with Gasteiger partial charge in [-0.05, 0) is 12.8 Å². The molecule has 78 valence electrons. The largest absolute Gasteiger partial charge is 0.419 e. The Labute approximate surface area is 80.2 Å². The second kappa shape index (κ2) is 3.55. The summed E-state index contributed by atoms with van der Waals surface area (Å²) in [5.74, 6) is -0.256. The summed E-state index contributed by atoms with van der Waals surface area (Å²) in [5, 5.41) is 0. The number of rotatable bonds is 1. The molecular formula is C9H11F3N2. The molecule has 0 amide bonds. The van der Waals surface area contributed by atoms with Crippen LogP contribution in [-0.2, 0) is 6.18 Å². The number of aryl methyl sites for hydroxylation is 1. The van der Waals surface area contributed by atoms with E-state index >= 15 is 0 Å². The Morgan fingerprint density at radius 3 is 2.14 bits per heavy atom. The number of aromatic nitrogens is 2. The van der Waals surface area contributed by atoms with Crippen molar-refractivity contribution in [1.82, 2.24) is 9.97 Å². The first-order valence-electron chi connectivity index (χ1n) is 4.22. The van der Waals surface area contributed by atoms with Gasteiger partial charge in [-0.15, -0.1) is 0 Å². The van der Waals surface area contributed by atoms with Crippen LogP contribution in [0.2, 0.25) is 0 Å². The maximum absolute atomic E-state index is 12.6. The van der Waals surface area contributed by atoms with Crippen molar-refractivity contribution in [3.8, 4) is 0 Å². The van der Waals surface area contributed by atoms with Crippen molar-refractivity contribution in [3.63, 3.8) is 0 Å². The van der Waals surface area contributed by atoms with Crippen molar-refractivity contribution in [3.05, 3.63) is 23.3 Å². The van der Waals surface area contributed by atoms with E-state index < -0.39 is 11.7 Å². The molecule has 14 heavy (non-hydrogen) atoms. The molecule has 0 aliphatic heterocycles. The highest BCUT2D eigenvalue weighted by molar-refractivity contribution is 5.28. The third-order valence-electron chi connectivity index (χ3n) is 1.90. The molecule has 0 saturated heterocycles. The van der Waals surface area contributed by atoms with Crippen LogP contribution in [0.15, 0.2) is 6.33 Å². The average molecular weight is 204 g/mol. The maximum atomic E-state index is 12.6. The Hall–Kier alpha value is -1.13. The molecule has 0 bridgehead atoms. The first kappa shape index (κ1) is 10.9. The summed E-state index contributed by atoms with van der Waals surface area (Å²) in [4.78, 5) is 7.23. The molecule has 0 unspecified atom stereocenters. The van der Waals surface area contributed by atoms with Gasteiger partial charge >= 0.3 is 6.18 Å². The quantitative estimate of drug-likeness (QED) is 0.702. The highest BCUT2D eigenvalue weighted by Gasteiger charge is 2.37. The fraction of sp³-hybridized carbons (Fsp3) is 0.556. The van der Waals surface area contributed by atoms with Gasteiger partial charge in [-0.3, -0.25) is 0 Å². The molecule has 1 aromatic heterocycles. The third kappa shape index (κ3) is 2.02. The van der Waals surface area contributed by atoms with Crippen molar-refractivity contribution < 1.29 is 13.2 Å². The van der Waals surface area contributed by atoms with Gasteiger partial charge in [0, 0.05) is 0 Å². The third-order valence-corrected chi connectivity index (χ3v) is 1.90. The van der Waals surface area contributed by atoms with Gasteiger partial charge in [-0.2, -0.15) is 13.2 Å². The standard InChI is InChI=1S/C9H11F3N2/c1-5(2)8-7(9(10,11)12)6(3)13-4-14-8/h4-5H,1-3H3. The second-order valence-electron chi connectivity index (χ2n) is 3.37. The molecule has 0 spiro atoms. The maximum Gasteiger partial charge on any atom is 0.419 e. The van der Waals surface area contributed by atoms with E-state index in [0.717, 1.165) is 0 Å². The monoisotopic (exact) mass is 204 g/mol. The number of alkyl halides is 3. The van der Waals surface area contributed by atoms with E-state index in [1.165, 1.54) is 13.3 Å². The van der Waals surface area contributed by atoms with Crippen molar-refractivity contribution in [2.75, 3.05) is 0 Å². The molecule has 0 aliphatic rings. The van der Waals surface area contributed by atoms with E-state index in [1.54, 1.807) is 13.8 Å². The van der Waals surface area contributed by atoms with Gasteiger partial charge in [-0.25, -0.2) is 9.97 Å². The lowest BCUT2D eigenvalue weighted by molar-refractivity contribution is -0.139. The fourth-order valence-electron chi connectivity index (χ4n) is 1.28. The number of hydrogen-bond donors (Lipinski definition) is 0. The summed E-state index contributed by atoms with van der Waals surface area (Å²) in [5.41, 5.74) is -0.656. The molecule has 0 N–H and O–H groups in total. The molecule has 1 aromatic rings. The molecule has 0 radical (unpaired) electrons. The number of halogens is 3. The molecule has 0 saturated carbocycles. The topological polar surface area (TPSA) is 25.8 Å². The van der Waals surface area contributed by atoms with Crippen LogP contribution in [0.5, 0.6) is 0 Å². The van der Waals surface area contributed by atoms with Gasteiger partial charge in [0.05, 0.1) is 17.0 Å². The minimum Gasteiger partial charge on any atom is -0.241 e. The summed E-state index contributed by atoms with van der Waals surface area (Å²) < 4.78 is 37.8. The zero-order chi connectivity index (χ0) is 10.9. The van der Waals surface area contributed by atoms with Crippen LogP contribution >= 0.6 is 0 Å². The Bertz CT molecular complexity index is 331. The van der Waals surface area contributed by atoms with Gasteiger partial charge in [0.1, 0.15) is 6.33 Å². The molecule has 1 heterocycles. The van der Waals surface area contributed by atoms with E-state index in [1.807, 2.05) is 0 Å². The minimum atomic E-state index is -4.37. The number of hydrogen-bond acceptors (Lipinski definition) is 2. The summed E-state index contributed by atoms with van der Waals surface area (Å²) in [7, 11) is 0. The first-order valence-corrected chi connectivity index (χ1v) is 4.22. The van der Waals surface area contributed by atoms with Crippen LogP contribution in [0.25, 0.3) is 0 Å². The fourth-order valence-corrected chi connectivity index (χ4v) is 1.28. The van der Waals surface area contributed by atoms with Crippen LogP contribution < -0.4 is 0 Å². The Kier molecular flexibility index (Phi) is 2.78. The highest BCUT2D eigenvalue weighted by Crippen LogP contribution is 2.35. The SMILES string of the molecule is Cc1ncnc(C(C)C)c1C(F)(F)F. The predicted molar refractivity (Wildman–Crippen MR) is 45.9 cm³/mol. The summed E-state index contributed by atoms with van der Waals surface area (Å²) in [6.45, 7) is 4.70. The van der Waals surface area contributed by atoms with Crippen molar-refractivity contribution in [2.24, 2.45) is 0 Å². The van der Waals surface area contributed by atoms with Gasteiger partial charge < -0.3 is 0 Å². The Morgan fingerprint density at radius 2 is 1.79 bits per heavy atom. The molecule has 0 atom stereocenters. The lowest BCUT2D eigenvalue weighted by atomic mass is 10.0. The van der Waals surface area contributed by atoms with Gasteiger partial charge in [0.25, 0.3) is 0 Å². The van der Waals surface area contributed by atoms with Gasteiger partial charge in [-0.1, -0.05) is 13.8 Å². The zero-order valence-electron chi connectivity index (χ0n) is 8.18.